The predicted octanol–water partition coefficient (Wildman–Crippen LogP) is 3.95. The number of rotatable bonds is 4. The van der Waals surface area contributed by atoms with Crippen LogP contribution in [0.4, 0.5) is 4.39 Å². The second-order valence-electron chi connectivity index (χ2n) is 3.66. The van der Waals surface area contributed by atoms with Crippen LogP contribution in [0, 0.1) is 11.7 Å². The van der Waals surface area contributed by atoms with Crippen LogP contribution >= 0.6 is 11.6 Å². The Bertz CT molecular complexity index is 303. The van der Waals surface area contributed by atoms with Gasteiger partial charge in [-0.3, -0.25) is 0 Å². The van der Waals surface area contributed by atoms with E-state index < -0.39 is 11.9 Å². The zero-order valence-electron chi connectivity index (χ0n) is 9.00. The molecule has 1 atom stereocenters. The highest BCUT2D eigenvalue weighted by molar-refractivity contribution is 6.31. The van der Waals surface area contributed by atoms with Gasteiger partial charge in [0.15, 0.2) is 0 Å². The van der Waals surface area contributed by atoms with Crippen LogP contribution in [0.3, 0.4) is 0 Å². The van der Waals surface area contributed by atoms with Gasteiger partial charge in [-0.15, -0.1) is 0 Å². The van der Waals surface area contributed by atoms with Crippen LogP contribution in [-0.4, -0.2) is 5.11 Å². The minimum atomic E-state index is -0.811. The summed E-state index contributed by atoms with van der Waals surface area (Å²) in [5.41, 5.74) is 0.230. The summed E-state index contributed by atoms with van der Waals surface area (Å²) in [5.74, 6) is -0.374. The van der Waals surface area contributed by atoms with Crippen molar-refractivity contribution in [2.24, 2.45) is 5.92 Å². The van der Waals surface area contributed by atoms with Gasteiger partial charge in [0.05, 0.1) is 6.10 Å². The third-order valence-electron chi connectivity index (χ3n) is 2.79. The lowest BCUT2D eigenvalue weighted by molar-refractivity contribution is 0.0997. The molecule has 0 aliphatic carbocycles. The molecule has 1 rings (SSSR count). The molecule has 15 heavy (non-hydrogen) atoms. The van der Waals surface area contributed by atoms with Gasteiger partial charge in [0, 0.05) is 10.6 Å². The van der Waals surface area contributed by atoms with Crippen molar-refractivity contribution in [3.05, 3.63) is 34.6 Å². The van der Waals surface area contributed by atoms with Gasteiger partial charge in [0.1, 0.15) is 5.82 Å². The van der Waals surface area contributed by atoms with Gasteiger partial charge in [-0.25, -0.2) is 4.39 Å². The Morgan fingerprint density at radius 2 is 1.93 bits per heavy atom. The van der Waals surface area contributed by atoms with Gasteiger partial charge in [0.2, 0.25) is 0 Å². The van der Waals surface area contributed by atoms with E-state index in [-0.39, 0.29) is 11.5 Å². The number of aliphatic hydroxyl groups excluding tert-OH is 1. The van der Waals surface area contributed by atoms with Crippen LogP contribution < -0.4 is 0 Å². The molecule has 0 bridgehead atoms. The zero-order valence-corrected chi connectivity index (χ0v) is 9.76. The van der Waals surface area contributed by atoms with Gasteiger partial charge in [-0.2, -0.15) is 0 Å². The molecule has 0 aliphatic rings. The Labute approximate surface area is 94.9 Å². The molecular weight excluding hydrogens is 215 g/mol. The first kappa shape index (κ1) is 12.5. The standard InChI is InChI=1S/C12H16ClFO/c1-3-8(4-2)12(15)11-9(13)6-5-7-10(11)14/h5-8,12,15H,3-4H2,1-2H3. The van der Waals surface area contributed by atoms with Crippen molar-refractivity contribution in [2.45, 2.75) is 32.8 Å². The molecule has 0 fully saturated rings. The molecule has 0 aliphatic heterocycles. The van der Waals surface area contributed by atoms with Gasteiger partial charge < -0.3 is 5.11 Å². The highest BCUT2D eigenvalue weighted by Gasteiger charge is 2.22. The van der Waals surface area contributed by atoms with Crippen LogP contribution in [0.2, 0.25) is 5.02 Å². The average molecular weight is 231 g/mol. The Morgan fingerprint density at radius 1 is 1.33 bits per heavy atom. The van der Waals surface area contributed by atoms with Crippen molar-refractivity contribution < 1.29 is 9.50 Å². The molecule has 0 aromatic heterocycles. The molecule has 1 N–H and O–H groups in total. The minimum Gasteiger partial charge on any atom is -0.388 e. The maximum absolute atomic E-state index is 13.5. The van der Waals surface area contributed by atoms with Gasteiger partial charge in [-0.1, -0.05) is 44.4 Å². The van der Waals surface area contributed by atoms with E-state index >= 15 is 0 Å². The monoisotopic (exact) mass is 230 g/mol. The quantitative estimate of drug-likeness (QED) is 0.831. The first-order chi connectivity index (χ1) is 7.11. The van der Waals surface area contributed by atoms with Gasteiger partial charge in [-0.05, 0) is 18.1 Å². The topological polar surface area (TPSA) is 20.2 Å². The molecule has 1 unspecified atom stereocenters. The number of hydrogen-bond donors (Lipinski definition) is 1. The smallest absolute Gasteiger partial charge is 0.130 e. The maximum atomic E-state index is 13.5. The van der Waals surface area contributed by atoms with E-state index in [1.165, 1.54) is 6.07 Å². The minimum absolute atomic E-state index is 0.0550. The van der Waals surface area contributed by atoms with Crippen LogP contribution in [0.25, 0.3) is 0 Å². The summed E-state index contributed by atoms with van der Waals surface area (Å²) < 4.78 is 13.5. The summed E-state index contributed by atoms with van der Waals surface area (Å²) in [6.07, 6.45) is 0.804. The fourth-order valence-electron chi connectivity index (χ4n) is 1.76. The summed E-state index contributed by atoms with van der Waals surface area (Å²) in [5, 5.41) is 10.3. The molecule has 1 aromatic carbocycles. The van der Waals surface area contributed by atoms with Crippen LogP contribution in [0.1, 0.15) is 38.4 Å². The van der Waals surface area contributed by atoms with Crippen molar-refractivity contribution in [1.82, 2.24) is 0 Å². The van der Waals surface area contributed by atoms with E-state index in [4.69, 9.17) is 11.6 Å². The molecule has 1 aromatic rings. The first-order valence-electron chi connectivity index (χ1n) is 5.23. The fourth-order valence-corrected chi connectivity index (χ4v) is 2.04. The third kappa shape index (κ3) is 2.70. The second kappa shape index (κ2) is 5.47. The summed E-state index contributed by atoms with van der Waals surface area (Å²) >= 11 is 5.88. The lowest BCUT2D eigenvalue weighted by Gasteiger charge is -2.21. The highest BCUT2D eigenvalue weighted by atomic mass is 35.5. The zero-order chi connectivity index (χ0) is 11.4. The molecule has 0 heterocycles. The van der Waals surface area contributed by atoms with Crippen molar-refractivity contribution in [3.63, 3.8) is 0 Å². The summed E-state index contributed by atoms with van der Waals surface area (Å²) in [6.45, 7) is 3.96. The van der Waals surface area contributed by atoms with E-state index in [1.807, 2.05) is 13.8 Å². The van der Waals surface area contributed by atoms with Crippen molar-refractivity contribution in [1.29, 1.82) is 0 Å². The SMILES string of the molecule is CCC(CC)C(O)c1c(F)cccc1Cl. The van der Waals surface area contributed by atoms with Crippen LogP contribution in [-0.2, 0) is 0 Å². The van der Waals surface area contributed by atoms with E-state index in [2.05, 4.69) is 0 Å². The normalized spacial score (nSPS) is 13.2. The van der Waals surface area contributed by atoms with Crippen molar-refractivity contribution in [3.8, 4) is 0 Å². The largest absolute Gasteiger partial charge is 0.388 e. The molecule has 84 valence electrons. The van der Waals surface area contributed by atoms with Crippen molar-refractivity contribution in [2.75, 3.05) is 0 Å². The maximum Gasteiger partial charge on any atom is 0.130 e. The van der Waals surface area contributed by atoms with Gasteiger partial charge in [0.25, 0.3) is 0 Å². The number of benzene rings is 1. The third-order valence-corrected chi connectivity index (χ3v) is 3.12. The van der Waals surface area contributed by atoms with E-state index in [1.54, 1.807) is 12.1 Å². The molecule has 0 radical (unpaired) electrons. The van der Waals surface area contributed by atoms with Crippen molar-refractivity contribution >= 4 is 11.6 Å². The van der Waals surface area contributed by atoms with E-state index in [9.17, 15) is 9.50 Å². The highest BCUT2D eigenvalue weighted by Crippen LogP contribution is 2.33. The lowest BCUT2D eigenvalue weighted by Crippen LogP contribution is -2.13. The molecule has 0 saturated heterocycles. The Morgan fingerprint density at radius 3 is 2.40 bits per heavy atom. The molecule has 0 amide bonds. The number of aliphatic hydroxyl groups is 1. The molecular formula is C12H16ClFO. The molecule has 0 saturated carbocycles. The first-order valence-corrected chi connectivity index (χ1v) is 5.61. The molecule has 1 nitrogen and oxygen atoms in total. The molecule has 0 spiro atoms. The average Bonchev–Trinajstić information content (AvgIpc) is 2.19. The summed E-state index contributed by atoms with van der Waals surface area (Å²) in [4.78, 5) is 0. The Balaban J connectivity index is 3.04. The summed E-state index contributed by atoms with van der Waals surface area (Å²) in [7, 11) is 0. The van der Waals surface area contributed by atoms with E-state index in [0.717, 1.165) is 12.8 Å². The van der Waals surface area contributed by atoms with E-state index in [0.29, 0.717) is 5.02 Å². The van der Waals surface area contributed by atoms with Crippen LogP contribution in [0.15, 0.2) is 18.2 Å². The van der Waals surface area contributed by atoms with Crippen LogP contribution in [0.5, 0.6) is 0 Å². The summed E-state index contributed by atoms with van der Waals surface area (Å²) in [6, 6.07) is 4.47. The number of hydrogen-bond acceptors (Lipinski definition) is 1. The second-order valence-corrected chi connectivity index (χ2v) is 4.06. The number of halogens is 2. The Hall–Kier alpha value is -0.600. The molecule has 3 heteroatoms. The fraction of sp³-hybridized carbons (Fsp3) is 0.500. The van der Waals surface area contributed by atoms with Gasteiger partial charge >= 0.3 is 0 Å². The predicted molar refractivity (Wildman–Crippen MR) is 60.4 cm³/mol. The lowest BCUT2D eigenvalue weighted by atomic mass is 9.91. The Kier molecular flexibility index (Phi) is 4.55.